The van der Waals surface area contributed by atoms with Gasteiger partial charge in [-0.2, -0.15) is 13.5 Å². The van der Waals surface area contributed by atoms with E-state index in [0.717, 1.165) is 22.5 Å². The Morgan fingerprint density at radius 1 is 0.636 bits per heavy atom. The van der Waals surface area contributed by atoms with Crippen LogP contribution in [0.15, 0.2) is 126 Å². The van der Waals surface area contributed by atoms with Gasteiger partial charge in [-0.3, -0.25) is 0 Å². The van der Waals surface area contributed by atoms with Crippen molar-refractivity contribution in [3.8, 4) is 33.8 Å². The van der Waals surface area contributed by atoms with Gasteiger partial charge < -0.3 is 4.18 Å². The van der Waals surface area contributed by atoms with Gasteiger partial charge in [0.05, 0.1) is 17.6 Å². The van der Waals surface area contributed by atoms with Crippen molar-refractivity contribution in [2.75, 3.05) is 0 Å². The molecule has 5 aromatic rings. The molecule has 0 bridgehead atoms. The highest BCUT2D eigenvalue weighted by atomic mass is 32.2. The third kappa shape index (κ3) is 4.16. The molecule has 0 unspecified atom stereocenters. The second-order valence-corrected chi connectivity index (χ2v) is 8.91. The van der Waals surface area contributed by atoms with Crippen LogP contribution in [0.5, 0.6) is 5.75 Å². The predicted molar refractivity (Wildman–Crippen MR) is 129 cm³/mol. The monoisotopic (exact) mass is 452 g/mol. The third-order valence-corrected chi connectivity index (χ3v) is 6.48. The summed E-state index contributed by atoms with van der Waals surface area (Å²) in [6.07, 6.45) is 1.79. The van der Waals surface area contributed by atoms with Crippen LogP contribution in [0.3, 0.4) is 0 Å². The average molecular weight is 453 g/mol. The molecule has 0 saturated carbocycles. The lowest BCUT2D eigenvalue weighted by atomic mass is 10.0. The molecular weight excluding hydrogens is 432 g/mol. The average Bonchev–Trinajstić information content (AvgIpc) is 3.31. The minimum atomic E-state index is -4.01. The van der Waals surface area contributed by atoms with Gasteiger partial charge >= 0.3 is 10.1 Å². The van der Waals surface area contributed by atoms with E-state index >= 15 is 0 Å². The van der Waals surface area contributed by atoms with Crippen molar-refractivity contribution < 1.29 is 12.6 Å². The first-order chi connectivity index (χ1) is 16.1. The molecule has 5 nitrogen and oxygen atoms in total. The van der Waals surface area contributed by atoms with E-state index in [9.17, 15) is 8.42 Å². The minimum absolute atomic E-state index is 0.0969. The maximum atomic E-state index is 13.0. The van der Waals surface area contributed by atoms with Crippen molar-refractivity contribution in [3.05, 3.63) is 121 Å². The van der Waals surface area contributed by atoms with Crippen molar-refractivity contribution >= 4 is 10.1 Å². The molecule has 0 radical (unpaired) electrons. The minimum Gasteiger partial charge on any atom is -0.378 e. The number of benzene rings is 4. The second kappa shape index (κ2) is 8.76. The Hall–Kier alpha value is -4.16. The Balaban J connectivity index is 1.70. The Bertz CT molecular complexity index is 1420. The summed E-state index contributed by atoms with van der Waals surface area (Å²) in [6, 6.07) is 34.8. The summed E-state index contributed by atoms with van der Waals surface area (Å²) in [6.45, 7) is 0. The topological polar surface area (TPSA) is 61.2 Å². The van der Waals surface area contributed by atoms with Gasteiger partial charge in [-0.25, -0.2) is 4.68 Å². The fourth-order valence-electron chi connectivity index (χ4n) is 3.69. The predicted octanol–water partition coefficient (Wildman–Crippen LogP) is 5.97. The van der Waals surface area contributed by atoms with Crippen LogP contribution in [0.1, 0.15) is 0 Å². The highest BCUT2D eigenvalue weighted by molar-refractivity contribution is 7.87. The maximum absolute atomic E-state index is 13.0. The first-order valence-corrected chi connectivity index (χ1v) is 11.8. The zero-order valence-corrected chi connectivity index (χ0v) is 18.4. The third-order valence-electron chi connectivity index (χ3n) is 5.23. The van der Waals surface area contributed by atoms with Gasteiger partial charge in [-0.05, 0) is 42.0 Å². The fourth-order valence-corrected chi connectivity index (χ4v) is 4.66. The molecule has 0 aliphatic rings. The molecule has 1 heterocycles. The number of hydrogen-bond acceptors (Lipinski definition) is 4. The van der Waals surface area contributed by atoms with Crippen LogP contribution < -0.4 is 4.18 Å². The molecule has 0 spiro atoms. The smallest absolute Gasteiger partial charge is 0.339 e. The summed E-state index contributed by atoms with van der Waals surface area (Å²) in [5.74, 6) is 0.233. The van der Waals surface area contributed by atoms with Gasteiger partial charge in [-0.15, -0.1) is 0 Å². The number of hydrogen-bond donors (Lipinski definition) is 0. The summed E-state index contributed by atoms with van der Waals surface area (Å²) in [4.78, 5) is 0.0969. The van der Waals surface area contributed by atoms with Crippen molar-refractivity contribution in [2.24, 2.45) is 0 Å². The van der Waals surface area contributed by atoms with Crippen molar-refractivity contribution in [1.29, 1.82) is 0 Å². The lowest BCUT2D eigenvalue weighted by molar-refractivity contribution is 0.486. The molecule has 5 rings (SSSR count). The van der Waals surface area contributed by atoms with E-state index in [0.29, 0.717) is 5.56 Å². The second-order valence-electron chi connectivity index (χ2n) is 7.37. The molecule has 0 aliphatic heterocycles. The molecule has 1 aromatic heterocycles. The van der Waals surface area contributed by atoms with E-state index in [2.05, 4.69) is 5.10 Å². The summed E-state index contributed by atoms with van der Waals surface area (Å²) in [5.41, 5.74) is 4.06. The zero-order valence-electron chi connectivity index (χ0n) is 17.6. The first-order valence-electron chi connectivity index (χ1n) is 10.4. The summed E-state index contributed by atoms with van der Waals surface area (Å²) in [7, 11) is -4.01. The molecule has 0 N–H and O–H groups in total. The fraction of sp³-hybridized carbons (Fsp3) is 0. The Morgan fingerprint density at radius 3 is 1.91 bits per heavy atom. The normalized spacial score (nSPS) is 11.3. The number of para-hydroxylation sites is 2. The van der Waals surface area contributed by atoms with Crippen molar-refractivity contribution in [3.63, 3.8) is 0 Å². The van der Waals surface area contributed by atoms with E-state index in [-0.39, 0.29) is 10.6 Å². The van der Waals surface area contributed by atoms with E-state index < -0.39 is 10.1 Å². The number of rotatable bonds is 6. The van der Waals surface area contributed by atoms with Gasteiger partial charge in [0.2, 0.25) is 0 Å². The maximum Gasteiger partial charge on any atom is 0.339 e. The lowest BCUT2D eigenvalue weighted by Crippen LogP contribution is -2.11. The lowest BCUT2D eigenvalue weighted by Gasteiger charge is -2.15. The van der Waals surface area contributed by atoms with Crippen LogP contribution in [-0.2, 0) is 10.1 Å². The quantitative estimate of drug-likeness (QED) is 0.298. The van der Waals surface area contributed by atoms with E-state index in [4.69, 9.17) is 4.18 Å². The van der Waals surface area contributed by atoms with Gasteiger partial charge in [-0.1, -0.05) is 78.9 Å². The Kier molecular flexibility index (Phi) is 5.50. The van der Waals surface area contributed by atoms with Crippen LogP contribution in [0.2, 0.25) is 0 Å². The molecule has 0 fully saturated rings. The van der Waals surface area contributed by atoms with Gasteiger partial charge in [0.25, 0.3) is 0 Å². The molecule has 162 valence electrons. The zero-order chi connectivity index (χ0) is 22.7. The van der Waals surface area contributed by atoms with Gasteiger partial charge in [0, 0.05) is 11.1 Å². The molecule has 0 aliphatic carbocycles. The van der Waals surface area contributed by atoms with E-state index in [1.54, 1.807) is 41.2 Å². The number of nitrogens with zero attached hydrogens (tertiary/aromatic N) is 2. The summed E-state index contributed by atoms with van der Waals surface area (Å²) >= 11 is 0. The Morgan fingerprint density at radius 2 is 1.21 bits per heavy atom. The Labute approximate surface area is 192 Å². The van der Waals surface area contributed by atoms with Gasteiger partial charge in [0.1, 0.15) is 4.90 Å². The molecule has 0 amide bonds. The van der Waals surface area contributed by atoms with Crippen LogP contribution >= 0.6 is 0 Å². The highest BCUT2D eigenvalue weighted by Crippen LogP contribution is 2.39. The summed E-state index contributed by atoms with van der Waals surface area (Å²) in [5, 5.41) is 4.65. The first kappa shape index (κ1) is 20.7. The molecule has 0 saturated heterocycles. The summed E-state index contributed by atoms with van der Waals surface area (Å²) < 4.78 is 33.4. The van der Waals surface area contributed by atoms with Crippen molar-refractivity contribution in [2.45, 2.75) is 4.90 Å². The molecule has 0 atom stereocenters. The van der Waals surface area contributed by atoms with Crippen LogP contribution in [0, 0.1) is 0 Å². The van der Waals surface area contributed by atoms with Crippen LogP contribution in [0.25, 0.3) is 28.1 Å². The van der Waals surface area contributed by atoms with E-state index in [1.807, 2.05) is 72.8 Å². The van der Waals surface area contributed by atoms with Gasteiger partial charge in [0.15, 0.2) is 5.75 Å². The molecule has 4 aromatic carbocycles. The van der Waals surface area contributed by atoms with Crippen molar-refractivity contribution in [1.82, 2.24) is 9.78 Å². The number of aromatic nitrogens is 2. The molecular formula is C27H20N2O3S. The van der Waals surface area contributed by atoms with Crippen LogP contribution in [0.4, 0.5) is 0 Å². The SMILES string of the molecule is O=S(=O)(Oc1ccccc1-c1c(-c2ccccc2)cnn1-c1ccccc1)c1ccccc1. The van der Waals surface area contributed by atoms with E-state index in [1.165, 1.54) is 12.1 Å². The molecule has 33 heavy (non-hydrogen) atoms. The molecule has 6 heteroatoms. The largest absolute Gasteiger partial charge is 0.378 e. The highest BCUT2D eigenvalue weighted by Gasteiger charge is 2.23. The van der Waals surface area contributed by atoms with Crippen LogP contribution in [-0.4, -0.2) is 18.2 Å². The standard InChI is InChI=1S/C27H20N2O3S/c30-33(31,23-16-8-3-9-17-23)32-26-19-11-10-18-24(26)27-25(21-12-4-1-5-13-21)20-28-29(27)22-14-6-2-7-15-22/h1-20H.